The number of nitrogens with zero attached hydrogens (tertiary/aromatic N) is 4. The first kappa shape index (κ1) is 20.5. The molecule has 0 unspecified atom stereocenters. The third kappa shape index (κ3) is 3.70. The van der Waals surface area contributed by atoms with Gasteiger partial charge in [-0.25, -0.2) is 14.7 Å². The number of terminal acetylenes is 1. The number of carboxylic acid groups (broad SMARTS) is 1. The standard InChI is InChI=1S/C22H28N4O4/c1-2-25(21(29)30)17-5-8-19(23-15-17)24-12-9-22(10-13-24)11-14-26(20(22)28)16-3-6-18(27)7-4-16/h1,5,8,15-16,18,27H,3-4,6-7,9-14H2,(H,29,30). The normalized spacial score (nSPS) is 25.9. The van der Waals surface area contributed by atoms with E-state index in [1.54, 1.807) is 12.1 Å². The van der Waals surface area contributed by atoms with Gasteiger partial charge in [0.15, 0.2) is 0 Å². The maximum atomic E-state index is 13.3. The summed E-state index contributed by atoms with van der Waals surface area (Å²) in [4.78, 5) is 33.8. The largest absolute Gasteiger partial charge is 0.464 e. The van der Waals surface area contributed by atoms with Gasteiger partial charge >= 0.3 is 6.09 Å². The predicted octanol–water partition coefficient (Wildman–Crippen LogP) is 2.28. The van der Waals surface area contributed by atoms with Gasteiger partial charge in [-0.3, -0.25) is 4.79 Å². The molecule has 1 aromatic heterocycles. The van der Waals surface area contributed by atoms with E-state index < -0.39 is 6.09 Å². The maximum Gasteiger partial charge on any atom is 0.423 e. The first-order valence-electron chi connectivity index (χ1n) is 10.6. The molecule has 1 saturated carbocycles. The topological polar surface area (TPSA) is 97.2 Å². The zero-order chi connectivity index (χ0) is 21.3. The van der Waals surface area contributed by atoms with Crippen molar-refractivity contribution in [3.05, 3.63) is 18.3 Å². The van der Waals surface area contributed by atoms with Gasteiger partial charge in [-0.15, -0.1) is 0 Å². The molecule has 2 N–H and O–H groups in total. The van der Waals surface area contributed by atoms with Crippen LogP contribution in [0, 0.1) is 17.9 Å². The van der Waals surface area contributed by atoms with E-state index in [4.69, 9.17) is 11.5 Å². The van der Waals surface area contributed by atoms with Crippen molar-refractivity contribution in [3.63, 3.8) is 0 Å². The molecule has 0 radical (unpaired) electrons. The average Bonchev–Trinajstić information content (AvgIpc) is 3.06. The molecular formula is C22H28N4O4. The Morgan fingerprint density at radius 1 is 1.17 bits per heavy atom. The molecule has 3 heterocycles. The molecule has 2 aliphatic heterocycles. The molecule has 8 nitrogen and oxygen atoms in total. The van der Waals surface area contributed by atoms with Crippen LogP contribution in [0.25, 0.3) is 0 Å². The van der Waals surface area contributed by atoms with Crippen molar-refractivity contribution in [1.82, 2.24) is 9.88 Å². The SMILES string of the molecule is C#CN(C(=O)O)c1ccc(N2CCC3(CC2)CCN(C2CCC(O)CC2)C3=O)nc1. The number of aliphatic hydroxyl groups is 1. The lowest BCUT2D eigenvalue weighted by Gasteiger charge is -2.40. The van der Waals surface area contributed by atoms with E-state index in [0.29, 0.717) is 5.69 Å². The molecule has 0 aromatic carbocycles. The summed E-state index contributed by atoms with van der Waals surface area (Å²) in [5.74, 6) is 1.05. The Hall–Kier alpha value is -2.79. The van der Waals surface area contributed by atoms with E-state index in [1.807, 2.05) is 0 Å². The number of hydrogen-bond acceptors (Lipinski definition) is 5. The summed E-state index contributed by atoms with van der Waals surface area (Å²) in [7, 11) is 0. The van der Waals surface area contributed by atoms with Gasteiger partial charge in [-0.05, 0) is 57.1 Å². The number of hydrogen-bond donors (Lipinski definition) is 2. The molecule has 30 heavy (non-hydrogen) atoms. The summed E-state index contributed by atoms with van der Waals surface area (Å²) in [6.07, 6.45) is 11.2. The molecule has 2 amide bonds. The third-order valence-electron chi connectivity index (χ3n) is 7.01. The first-order chi connectivity index (χ1) is 14.4. The van der Waals surface area contributed by atoms with Crippen molar-refractivity contribution in [3.8, 4) is 12.5 Å². The first-order valence-corrected chi connectivity index (χ1v) is 10.6. The van der Waals surface area contributed by atoms with E-state index in [2.05, 4.69) is 20.8 Å². The van der Waals surface area contributed by atoms with E-state index >= 15 is 0 Å². The molecule has 2 saturated heterocycles. The monoisotopic (exact) mass is 412 g/mol. The van der Waals surface area contributed by atoms with E-state index in [9.17, 15) is 14.7 Å². The van der Waals surface area contributed by atoms with Crippen LogP contribution in [0.4, 0.5) is 16.3 Å². The Balaban J connectivity index is 1.37. The predicted molar refractivity (Wildman–Crippen MR) is 112 cm³/mol. The van der Waals surface area contributed by atoms with Crippen molar-refractivity contribution in [2.24, 2.45) is 5.41 Å². The lowest BCUT2D eigenvalue weighted by Crippen LogP contribution is -2.47. The van der Waals surface area contributed by atoms with Crippen LogP contribution in [0.15, 0.2) is 18.3 Å². The summed E-state index contributed by atoms with van der Waals surface area (Å²) in [6, 6.07) is 5.82. The zero-order valence-corrected chi connectivity index (χ0v) is 17.0. The average molecular weight is 412 g/mol. The van der Waals surface area contributed by atoms with Crippen LogP contribution in [0.2, 0.25) is 0 Å². The van der Waals surface area contributed by atoms with Crippen molar-refractivity contribution >= 4 is 23.5 Å². The quantitative estimate of drug-likeness (QED) is 0.584. The van der Waals surface area contributed by atoms with Gasteiger partial charge in [0.25, 0.3) is 0 Å². The third-order valence-corrected chi connectivity index (χ3v) is 7.01. The number of amides is 2. The van der Waals surface area contributed by atoms with Crippen molar-refractivity contribution < 1.29 is 19.8 Å². The van der Waals surface area contributed by atoms with Crippen LogP contribution in [0.3, 0.4) is 0 Å². The van der Waals surface area contributed by atoms with Crippen LogP contribution in [-0.4, -0.2) is 63.9 Å². The number of aromatic nitrogens is 1. The van der Waals surface area contributed by atoms with Crippen LogP contribution in [0.1, 0.15) is 44.9 Å². The highest BCUT2D eigenvalue weighted by atomic mass is 16.4. The Morgan fingerprint density at radius 2 is 1.83 bits per heavy atom. The molecule has 3 aliphatic rings. The molecule has 0 bridgehead atoms. The van der Waals surface area contributed by atoms with Crippen molar-refractivity contribution in [1.29, 1.82) is 0 Å². The molecule has 0 atom stereocenters. The highest BCUT2D eigenvalue weighted by Gasteiger charge is 2.50. The van der Waals surface area contributed by atoms with Crippen LogP contribution >= 0.6 is 0 Å². The molecule has 8 heteroatoms. The Morgan fingerprint density at radius 3 is 2.40 bits per heavy atom. The number of carbonyl (C=O) groups excluding carboxylic acids is 1. The minimum absolute atomic E-state index is 0.210. The fraction of sp³-hybridized carbons (Fsp3) is 0.591. The summed E-state index contributed by atoms with van der Waals surface area (Å²) in [6.45, 7) is 2.31. The zero-order valence-electron chi connectivity index (χ0n) is 17.0. The summed E-state index contributed by atoms with van der Waals surface area (Å²) in [5.41, 5.74) is 0.0669. The van der Waals surface area contributed by atoms with Gasteiger partial charge in [-0.1, -0.05) is 6.42 Å². The van der Waals surface area contributed by atoms with Crippen molar-refractivity contribution in [2.75, 3.05) is 29.4 Å². The minimum atomic E-state index is -1.22. The summed E-state index contributed by atoms with van der Waals surface area (Å²) in [5, 5.41) is 18.9. The summed E-state index contributed by atoms with van der Waals surface area (Å²) < 4.78 is 0. The van der Waals surface area contributed by atoms with Crippen LogP contribution < -0.4 is 9.80 Å². The number of rotatable bonds is 3. The van der Waals surface area contributed by atoms with Gasteiger partial charge in [0.05, 0.1) is 23.4 Å². The van der Waals surface area contributed by atoms with Gasteiger partial charge in [-0.2, -0.15) is 0 Å². The highest BCUT2D eigenvalue weighted by Crippen LogP contribution is 2.44. The fourth-order valence-electron chi connectivity index (χ4n) is 5.13. The second kappa shape index (κ2) is 8.15. The number of piperidine rings is 1. The minimum Gasteiger partial charge on any atom is -0.464 e. The van der Waals surface area contributed by atoms with E-state index in [0.717, 1.165) is 75.3 Å². The van der Waals surface area contributed by atoms with Gasteiger partial charge in [0.2, 0.25) is 5.91 Å². The highest BCUT2D eigenvalue weighted by molar-refractivity contribution is 5.89. The number of carbonyl (C=O) groups is 2. The second-order valence-corrected chi connectivity index (χ2v) is 8.60. The Labute approximate surface area is 176 Å². The molecule has 3 fully saturated rings. The smallest absolute Gasteiger partial charge is 0.423 e. The number of pyridine rings is 1. The molecule has 160 valence electrons. The van der Waals surface area contributed by atoms with Gasteiger partial charge < -0.3 is 20.0 Å². The van der Waals surface area contributed by atoms with Crippen LogP contribution in [0.5, 0.6) is 0 Å². The van der Waals surface area contributed by atoms with E-state index in [1.165, 1.54) is 6.20 Å². The molecular weight excluding hydrogens is 384 g/mol. The van der Waals surface area contributed by atoms with Crippen LogP contribution in [-0.2, 0) is 4.79 Å². The van der Waals surface area contributed by atoms with Crippen molar-refractivity contribution in [2.45, 2.75) is 57.1 Å². The molecule has 1 spiro atoms. The number of anilines is 2. The van der Waals surface area contributed by atoms with Gasteiger partial charge in [0.1, 0.15) is 5.82 Å². The second-order valence-electron chi connectivity index (χ2n) is 8.60. The Bertz CT molecular complexity index is 834. The maximum absolute atomic E-state index is 13.3. The molecule has 1 aromatic rings. The Kier molecular flexibility index (Phi) is 5.56. The lowest BCUT2D eigenvalue weighted by atomic mass is 9.77. The molecule has 1 aliphatic carbocycles. The summed E-state index contributed by atoms with van der Waals surface area (Å²) >= 11 is 0. The number of likely N-dealkylation sites (tertiary alicyclic amines) is 1. The van der Waals surface area contributed by atoms with Gasteiger partial charge in [0, 0.05) is 31.7 Å². The number of aliphatic hydroxyl groups excluding tert-OH is 1. The van der Waals surface area contributed by atoms with E-state index in [-0.39, 0.29) is 23.5 Å². The molecule has 4 rings (SSSR count). The lowest BCUT2D eigenvalue weighted by molar-refractivity contribution is -0.139. The fourth-order valence-corrected chi connectivity index (χ4v) is 5.13.